The molecule has 4 rings (SSSR count). The second-order valence-electron chi connectivity index (χ2n) is 7.30. The van der Waals surface area contributed by atoms with Gasteiger partial charge >= 0.3 is 0 Å². The van der Waals surface area contributed by atoms with E-state index >= 15 is 0 Å². The van der Waals surface area contributed by atoms with E-state index in [1.165, 1.54) is 11.3 Å². The molecule has 0 aliphatic carbocycles. The summed E-state index contributed by atoms with van der Waals surface area (Å²) in [5.41, 5.74) is 5.96. The highest BCUT2D eigenvalue weighted by Crippen LogP contribution is 2.27. The summed E-state index contributed by atoms with van der Waals surface area (Å²) in [5.74, 6) is 0.0798. The van der Waals surface area contributed by atoms with Gasteiger partial charge in [0.25, 0.3) is 0 Å². The van der Waals surface area contributed by atoms with Gasteiger partial charge in [-0.1, -0.05) is 60.7 Å². The molecule has 5 heteroatoms. The van der Waals surface area contributed by atoms with Gasteiger partial charge in [-0.3, -0.25) is 14.4 Å². The minimum atomic E-state index is 0.0798. The highest BCUT2D eigenvalue weighted by Gasteiger charge is 2.23. The first-order valence-electron chi connectivity index (χ1n) is 9.84. The van der Waals surface area contributed by atoms with Gasteiger partial charge in [0.05, 0.1) is 12.2 Å². The first kappa shape index (κ1) is 18.4. The second kappa shape index (κ2) is 8.40. The molecule has 1 aromatic heterocycles. The first-order valence-corrected chi connectivity index (χ1v) is 9.84. The van der Waals surface area contributed by atoms with Crippen molar-refractivity contribution in [1.82, 2.24) is 20.0 Å². The van der Waals surface area contributed by atoms with Crippen molar-refractivity contribution in [2.45, 2.75) is 19.4 Å². The Morgan fingerprint density at radius 3 is 2.43 bits per heavy atom. The summed E-state index contributed by atoms with van der Waals surface area (Å²) in [6.07, 6.45) is 1.83. The molecule has 0 radical (unpaired) electrons. The summed E-state index contributed by atoms with van der Waals surface area (Å²) in [7, 11) is 2.02. The van der Waals surface area contributed by atoms with Crippen LogP contribution in [-0.2, 0) is 31.2 Å². The van der Waals surface area contributed by atoms with E-state index in [0.717, 1.165) is 42.8 Å². The third-order valence-electron chi connectivity index (χ3n) is 5.36. The lowest BCUT2D eigenvalue weighted by Crippen LogP contribution is -2.38. The predicted octanol–water partition coefficient (Wildman–Crippen LogP) is 2.80. The zero-order chi connectivity index (χ0) is 19.3. The van der Waals surface area contributed by atoms with Crippen LogP contribution < -0.4 is 5.32 Å². The molecule has 144 valence electrons. The third-order valence-corrected chi connectivity index (χ3v) is 5.36. The molecule has 0 fully saturated rings. The highest BCUT2D eigenvalue weighted by atomic mass is 16.2. The quantitative estimate of drug-likeness (QED) is 0.747. The number of aromatic nitrogens is 2. The molecule has 1 amide bonds. The molecule has 1 aliphatic heterocycles. The molecule has 0 atom stereocenters. The highest BCUT2D eigenvalue weighted by molar-refractivity contribution is 5.78. The van der Waals surface area contributed by atoms with Crippen LogP contribution in [0.15, 0.2) is 60.7 Å². The smallest absolute Gasteiger partial charge is 0.234 e. The molecule has 5 nitrogen and oxygen atoms in total. The van der Waals surface area contributed by atoms with Crippen molar-refractivity contribution in [3.05, 3.63) is 77.5 Å². The third kappa shape index (κ3) is 4.15. The summed E-state index contributed by atoms with van der Waals surface area (Å²) < 4.78 is 2.01. The van der Waals surface area contributed by atoms with Gasteiger partial charge in [0.1, 0.15) is 0 Å². The number of nitrogens with zero attached hydrogens (tertiary/aromatic N) is 3. The number of fused-ring (bicyclic) bond motifs is 1. The molecule has 2 heterocycles. The van der Waals surface area contributed by atoms with Gasteiger partial charge in [-0.15, -0.1) is 0 Å². The number of nitrogens with one attached hydrogen (secondary N) is 1. The van der Waals surface area contributed by atoms with E-state index < -0.39 is 0 Å². The molecule has 0 bridgehead atoms. The number of carbonyl (C=O) groups excluding carboxylic acids is 1. The average Bonchev–Trinajstić information content (AvgIpc) is 2.90. The fourth-order valence-electron chi connectivity index (χ4n) is 3.87. The molecule has 0 spiro atoms. The largest absolute Gasteiger partial charge is 0.351 e. The van der Waals surface area contributed by atoms with E-state index in [1.54, 1.807) is 0 Å². The Morgan fingerprint density at radius 1 is 1.00 bits per heavy atom. The van der Waals surface area contributed by atoms with E-state index in [-0.39, 0.29) is 5.91 Å². The van der Waals surface area contributed by atoms with E-state index in [0.29, 0.717) is 13.1 Å². The Hall–Kier alpha value is -2.92. The SMILES string of the molecule is Cn1nc(-c2ccccc2)c2c1CCN(CC(=O)NCc1ccccc1)CC2. The zero-order valence-corrected chi connectivity index (χ0v) is 16.3. The number of amides is 1. The van der Waals surface area contributed by atoms with Crippen LogP contribution in [0.1, 0.15) is 16.8 Å². The minimum absolute atomic E-state index is 0.0798. The summed E-state index contributed by atoms with van der Waals surface area (Å²) in [5, 5.41) is 7.80. The van der Waals surface area contributed by atoms with Crippen LogP contribution in [-0.4, -0.2) is 40.2 Å². The fraction of sp³-hybridized carbons (Fsp3) is 0.304. The maximum absolute atomic E-state index is 12.4. The monoisotopic (exact) mass is 374 g/mol. The number of rotatable bonds is 5. The molecule has 0 saturated heterocycles. The van der Waals surface area contributed by atoms with E-state index in [4.69, 9.17) is 5.10 Å². The molecule has 1 N–H and O–H groups in total. The lowest BCUT2D eigenvalue weighted by molar-refractivity contribution is -0.122. The van der Waals surface area contributed by atoms with Crippen LogP contribution >= 0.6 is 0 Å². The molecule has 0 saturated carbocycles. The Balaban J connectivity index is 1.39. The van der Waals surface area contributed by atoms with E-state index in [1.807, 2.05) is 48.1 Å². The number of carbonyl (C=O) groups is 1. The normalized spacial score (nSPS) is 14.3. The van der Waals surface area contributed by atoms with Crippen molar-refractivity contribution >= 4 is 5.91 Å². The van der Waals surface area contributed by atoms with Crippen molar-refractivity contribution < 1.29 is 4.79 Å². The number of aryl methyl sites for hydroxylation is 1. The zero-order valence-electron chi connectivity index (χ0n) is 16.3. The van der Waals surface area contributed by atoms with Crippen LogP contribution in [0.25, 0.3) is 11.3 Å². The maximum atomic E-state index is 12.4. The average molecular weight is 374 g/mol. The minimum Gasteiger partial charge on any atom is -0.351 e. The van der Waals surface area contributed by atoms with Crippen molar-refractivity contribution in [3.8, 4) is 11.3 Å². The Bertz CT molecular complexity index is 934. The van der Waals surface area contributed by atoms with Crippen molar-refractivity contribution in [2.24, 2.45) is 7.05 Å². The number of benzene rings is 2. The van der Waals surface area contributed by atoms with Gasteiger partial charge < -0.3 is 5.32 Å². The Labute approximate surface area is 166 Å². The molecule has 1 aliphatic rings. The van der Waals surface area contributed by atoms with E-state index in [2.05, 4.69) is 34.5 Å². The lowest BCUT2D eigenvalue weighted by atomic mass is 10.0. The summed E-state index contributed by atoms with van der Waals surface area (Å²) in [6, 6.07) is 20.4. The second-order valence-corrected chi connectivity index (χ2v) is 7.30. The molecule has 3 aromatic rings. The summed E-state index contributed by atoms with van der Waals surface area (Å²) in [4.78, 5) is 14.6. The predicted molar refractivity (Wildman–Crippen MR) is 111 cm³/mol. The molecule has 2 aromatic carbocycles. The number of hydrogen-bond donors (Lipinski definition) is 1. The molecular formula is C23H26N4O. The van der Waals surface area contributed by atoms with Gasteiger partial charge in [0.2, 0.25) is 5.91 Å². The summed E-state index contributed by atoms with van der Waals surface area (Å²) >= 11 is 0. The topological polar surface area (TPSA) is 50.2 Å². The van der Waals surface area contributed by atoms with Crippen LogP contribution in [0.3, 0.4) is 0 Å². The van der Waals surface area contributed by atoms with Crippen molar-refractivity contribution in [3.63, 3.8) is 0 Å². The van der Waals surface area contributed by atoms with Gasteiger partial charge in [-0.2, -0.15) is 5.10 Å². The first-order chi connectivity index (χ1) is 13.7. The van der Waals surface area contributed by atoms with Crippen LogP contribution in [0.2, 0.25) is 0 Å². The van der Waals surface area contributed by atoms with Crippen LogP contribution in [0, 0.1) is 0 Å². The van der Waals surface area contributed by atoms with Gasteiger partial charge in [-0.05, 0) is 12.0 Å². The van der Waals surface area contributed by atoms with Gasteiger partial charge in [0.15, 0.2) is 0 Å². The number of hydrogen-bond acceptors (Lipinski definition) is 3. The molecule has 0 unspecified atom stereocenters. The molecular weight excluding hydrogens is 348 g/mol. The van der Waals surface area contributed by atoms with E-state index in [9.17, 15) is 4.79 Å². The fourth-order valence-corrected chi connectivity index (χ4v) is 3.87. The van der Waals surface area contributed by atoms with Crippen LogP contribution in [0.5, 0.6) is 0 Å². The van der Waals surface area contributed by atoms with Gasteiger partial charge in [0, 0.05) is 49.9 Å². The van der Waals surface area contributed by atoms with Crippen LogP contribution in [0.4, 0.5) is 0 Å². The maximum Gasteiger partial charge on any atom is 0.234 e. The molecule has 28 heavy (non-hydrogen) atoms. The lowest BCUT2D eigenvalue weighted by Gasteiger charge is -2.19. The summed E-state index contributed by atoms with van der Waals surface area (Å²) in [6.45, 7) is 2.77. The van der Waals surface area contributed by atoms with Crippen molar-refractivity contribution in [2.75, 3.05) is 19.6 Å². The Kier molecular flexibility index (Phi) is 5.53. The van der Waals surface area contributed by atoms with Gasteiger partial charge in [-0.25, -0.2) is 0 Å². The standard InChI is InChI=1S/C23H26N4O/c1-26-21-13-15-27(17-22(28)24-16-18-8-4-2-5-9-18)14-12-20(21)23(25-26)19-10-6-3-7-11-19/h2-11H,12-17H2,1H3,(H,24,28). The van der Waals surface area contributed by atoms with Crippen molar-refractivity contribution in [1.29, 1.82) is 0 Å². The Morgan fingerprint density at radius 2 is 1.68 bits per heavy atom.